The summed E-state index contributed by atoms with van der Waals surface area (Å²) in [6.45, 7) is 3.91. The molecule has 0 aliphatic rings. The number of halogens is 2. The third-order valence-corrected chi connectivity index (χ3v) is 7.70. The van der Waals surface area contributed by atoms with Gasteiger partial charge < -0.3 is 15.4 Å². The fraction of sp³-hybridized carbons (Fsp3) is 0.455. The van der Waals surface area contributed by atoms with Crippen molar-refractivity contribution in [1.29, 1.82) is 0 Å². The van der Waals surface area contributed by atoms with Gasteiger partial charge in [0.25, 0.3) is 11.5 Å². The van der Waals surface area contributed by atoms with Crippen LogP contribution in [0.15, 0.2) is 47.3 Å². The fourth-order valence-electron chi connectivity index (χ4n) is 4.85. The van der Waals surface area contributed by atoms with Crippen molar-refractivity contribution in [2.45, 2.75) is 90.9 Å². The van der Waals surface area contributed by atoms with Gasteiger partial charge >= 0.3 is 5.97 Å². The van der Waals surface area contributed by atoms with E-state index in [1.54, 1.807) is 18.2 Å². The Morgan fingerprint density at radius 1 is 0.795 bits per heavy atom. The van der Waals surface area contributed by atoms with Crippen molar-refractivity contribution in [1.82, 2.24) is 9.78 Å². The number of rotatable bonds is 18. The molecule has 3 N–H and O–H groups in total. The number of nitrogens with one attached hydrogen (secondary N) is 3. The van der Waals surface area contributed by atoms with E-state index in [4.69, 9.17) is 27.9 Å². The third-order valence-electron chi connectivity index (χ3n) is 7.12. The van der Waals surface area contributed by atoms with E-state index in [1.165, 1.54) is 89.0 Å². The Morgan fingerprint density at radius 3 is 1.98 bits per heavy atom. The van der Waals surface area contributed by atoms with E-state index in [1.807, 2.05) is 0 Å². The van der Waals surface area contributed by atoms with E-state index in [9.17, 15) is 19.2 Å². The Hall–Kier alpha value is -3.56. The van der Waals surface area contributed by atoms with Crippen LogP contribution in [0.4, 0.5) is 11.5 Å². The van der Waals surface area contributed by atoms with Gasteiger partial charge in [0.05, 0.1) is 22.2 Å². The number of carbonyl (C=O) groups is 3. The summed E-state index contributed by atoms with van der Waals surface area (Å²) in [6.07, 6.45) is 14.6. The number of benzene rings is 2. The average Bonchev–Trinajstić information content (AvgIpc) is 3.33. The van der Waals surface area contributed by atoms with Crippen molar-refractivity contribution in [3.05, 3.63) is 74.0 Å². The van der Waals surface area contributed by atoms with Gasteiger partial charge in [0.1, 0.15) is 11.5 Å². The summed E-state index contributed by atoms with van der Waals surface area (Å²) in [7, 11) is 0. The molecule has 0 saturated carbocycles. The second-order valence-electron chi connectivity index (χ2n) is 10.9. The lowest BCUT2D eigenvalue weighted by Crippen LogP contribution is -2.16. The third kappa shape index (κ3) is 11.2. The second-order valence-corrected chi connectivity index (χ2v) is 11.7. The monoisotopic (exact) mass is 644 g/mol. The number of anilines is 2. The minimum Gasteiger partial charge on any atom is -0.462 e. The summed E-state index contributed by atoms with van der Waals surface area (Å²) >= 11 is 12.9. The van der Waals surface area contributed by atoms with Crippen LogP contribution in [-0.4, -0.2) is 34.2 Å². The largest absolute Gasteiger partial charge is 0.462 e. The van der Waals surface area contributed by atoms with Gasteiger partial charge in [-0.2, -0.15) is 0 Å². The van der Waals surface area contributed by atoms with Gasteiger partial charge in [0.15, 0.2) is 0 Å². The van der Waals surface area contributed by atoms with Gasteiger partial charge in [-0.25, -0.2) is 9.48 Å². The Kier molecular flexibility index (Phi) is 14.5. The fourth-order valence-corrected chi connectivity index (χ4v) is 5.51. The zero-order valence-electron chi connectivity index (χ0n) is 25.5. The number of hydrogen-bond acceptors (Lipinski definition) is 5. The number of carbonyl (C=O) groups excluding carboxylic acids is 3. The molecule has 238 valence electrons. The molecule has 3 rings (SSSR count). The minimum absolute atomic E-state index is 0.0552. The number of hydrogen-bond donors (Lipinski definition) is 3. The Labute approximate surface area is 268 Å². The lowest BCUT2D eigenvalue weighted by molar-refractivity contribution is -0.114. The molecular weight excluding hydrogens is 603 g/mol. The predicted molar refractivity (Wildman–Crippen MR) is 176 cm³/mol. The highest BCUT2D eigenvalue weighted by Gasteiger charge is 2.19. The number of nitrogens with zero attached hydrogens (tertiary/aromatic N) is 1. The molecule has 0 aliphatic carbocycles. The van der Waals surface area contributed by atoms with Crippen LogP contribution in [0.3, 0.4) is 0 Å². The van der Waals surface area contributed by atoms with Crippen LogP contribution in [-0.2, 0) is 9.53 Å². The molecule has 0 spiro atoms. The summed E-state index contributed by atoms with van der Waals surface area (Å²) < 4.78 is 6.49. The van der Waals surface area contributed by atoms with Gasteiger partial charge in [-0.1, -0.05) is 107 Å². The molecule has 0 radical (unpaired) electrons. The van der Waals surface area contributed by atoms with Crippen molar-refractivity contribution in [2.75, 3.05) is 17.2 Å². The average molecular weight is 646 g/mol. The number of amides is 2. The minimum atomic E-state index is -0.545. The molecule has 0 fully saturated rings. The van der Waals surface area contributed by atoms with E-state index in [2.05, 4.69) is 22.7 Å². The molecular formula is C33H42Cl2N4O5. The molecule has 9 nitrogen and oxygen atoms in total. The molecule has 0 aliphatic heterocycles. The number of unbranched alkanes of at least 4 members (excludes halogenated alkanes) is 11. The normalized spacial score (nSPS) is 10.9. The Morgan fingerprint density at radius 2 is 1.39 bits per heavy atom. The highest BCUT2D eigenvalue weighted by atomic mass is 35.5. The summed E-state index contributed by atoms with van der Waals surface area (Å²) in [4.78, 5) is 49.4. The molecule has 3 aromatic rings. The van der Waals surface area contributed by atoms with Crippen molar-refractivity contribution in [3.8, 4) is 5.69 Å². The number of aromatic nitrogens is 2. The zero-order chi connectivity index (χ0) is 31.9. The highest BCUT2D eigenvalue weighted by molar-refractivity contribution is 6.38. The molecule has 0 saturated heterocycles. The van der Waals surface area contributed by atoms with Gasteiger partial charge in [-0.3, -0.25) is 19.5 Å². The molecule has 0 unspecified atom stereocenters. The van der Waals surface area contributed by atoms with E-state index in [0.717, 1.165) is 23.9 Å². The lowest BCUT2D eigenvalue weighted by Gasteiger charge is -2.11. The van der Waals surface area contributed by atoms with Gasteiger partial charge in [-0.15, -0.1) is 0 Å². The summed E-state index contributed by atoms with van der Waals surface area (Å²) in [5.41, 5.74) is 0.506. The topological polar surface area (TPSA) is 122 Å². The molecule has 0 bridgehead atoms. The summed E-state index contributed by atoms with van der Waals surface area (Å²) in [5.74, 6) is -1.22. The van der Waals surface area contributed by atoms with E-state index in [0.29, 0.717) is 12.3 Å². The van der Waals surface area contributed by atoms with Crippen molar-refractivity contribution < 1.29 is 19.1 Å². The molecule has 0 atom stereocenters. The predicted octanol–water partition coefficient (Wildman–Crippen LogP) is 8.54. The Bertz CT molecular complexity index is 1440. The molecule has 2 aromatic carbocycles. The highest BCUT2D eigenvalue weighted by Crippen LogP contribution is 2.30. The number of esters is 1. The summed E-state index contributed by atoms with van der Waals surface area (Å²) in [6, 6.07) is 10.3. The van der Waals surface area contributed by atoms with Crippen LogP contribution in [0, 0.1) is 0 Å². The summed E-state index contributed by atoms with van der Waals surface area (Å²) in [5, 5.41) is 8.10. The molecule has 1 aromatic heterocycles. The van der Waals surface area contributed by atoms with E-state index in [-0.39, 0.29) is 38.6 Å². The first-order valence-corrected chi connectivity index (χ1v) is 16.1. The first-order chi connectivity index (χ1) is 21.2. The van der Waals surface area contributed by atoms with Gasteiger partial charge in [0, 0.05) is 24.2 Å². The standard InChI is InChI=1S/C33H42Cl2N4O5/c1-3-4-5-6-7-8-9-10-11-12-13-14-18-44-33(43)25-20-27(34)31(28(35)21-25)39-30(41)22-29(38-39)37-32(42)24-16-15-17-26(19-24)36-23(2)40/h15-17,19-22,38H,3-14,18H2,1-2H3,(H,36,40)(H,37,42). The van der Waals surface area contributed by atoms with E-state index >= 15 is 0 Å². The SMILES string of the molecule is CCCCCCCCCCCCCCOC(=O)c1cc(Cl)c(-n2[nH]c(NC(=O)c3cccc(NC(C)=O)c3)cc2=O)c(Cl)c1. The molecule has 44 heavy (non-hydrogen) atoms. The van der Waals surface area contributed by atoms with Crippen LogP contribution in [0.2, 0.25) is 10.0 Å². The smallest absolute Gasteiger partial charge is 0.338 e. The maximum atomic E-state index is 12.7. The van der Waals surface area contributed by atoms with Gasteiger partial charge in [-0.05, 0) is 36.8 Å². The van der Waals surface area contributed by atoms with Gasteiger partial charge in [0.2, 0.25) is 5.91 Å². The quantitative estimate of drug-likeness (QED) is 0.0945. The molecule has 1 heterocycles. The van der Waals surface area contributed by atoms with Crippen LogP contribution in [0.25, 0.3) is 5.69 Å². The van der Waals surface area contributed by atoms with Crippen LogP contribution >= 0.6 is 23.2 Å². The van der Waals surface area contributed by atoms with Crippen LogP contribution in [0.5, 0.6) is 0 Å². The number of H-pyrrole nitrogens is 1. The number of aromatic amines is 1. The van der Waals surface area contributed by atoms with E-state index < -0.39 is 17.4 Å². The van der Waals surface area contributed by atoms with Crippen molar-refractivity contribution >= 4 is 52.5 Å². The maximum Gasteiger partial charge on any atom is 0.338 e. The van der Waals surface area contributed by atoms with Crippen LogP contribution < -0.4 is 16.2 Å². The number of ether oxygens (including phenoxy) is 1. The Balaban J connectivity index is 1.48. The van der Waals surface area contributed by atoms with Crippen molar-refractivity contribution in [2.24, 2.45) is 0 Å². The zero-order valence-corrected chi connectivity index (χ0v) is 27.0. The first-order valence-electron chi connectivity index (χ1n) is 15.4. The lowest BCUT2D eigenvalue weighted by atomic mass is 10.1. The van der Waals surface area contributed by atoms with Crippen molar-refractivity contribution in [3.63, 3.8) is 0 Å². The molecule has 2 amide bonds. The van der Waals surface area contributed by atoms with Crippen LogP contribution in [0.1, 0.15) is 112 Å². The first kappa shape index (κ1) is 34.9. The maximum absolute atomic E-state index is 12.7. The molecule has 11 heteroatoms. The second kappa shape index (κ2) is 18.3.